The van der Waals surface area contributed by atoms with Crippen LogP contribution in [0.2, 0.25) is 0 Å². The lowest BCUT2D eigenvalue weighted by molar-refractivity contribution is -0.387. The Morgan fingerprint density at radius 1 is 0.929 bits per heavy atom. The standard InChI is InChI=1S/C22H18FN3O2/c1-12-8-17(9-13(2)24-12)22-14(3)18-6-4-15(10-20(18)25-22)16-5-7-19(23)21(11-16)26(27)28/h4-11,25H,1-3H3. The third-order valence-electron chi connectivity index (χ3n) is 4.90. The van der Waals surface area contributed by atoms with Gasteiger partial charge in [-0.15, -0.1) is 0 Å². The van der Waals surface area contributed by atoms with Crippen molar-refractivity contribution < 1.29 is 9.31 Å². The molecule has 0 saturated carbocycles. The second-order valence-corrected chi connectivity index (χ2v) is 6.95. The second-order valence-electron chi connectivity index (χ2n) is 6.95. The molecule has 4 rings (SSSR count). The zero-order valence-electron chi connectivity index (χ0n) is 15.7. The highest BCUT2D eigenvalue weighted by atomic mass is 19.1. The molecule has 1 N–H and O–H groups in total. The summed E-state index contributed by atoms with van der Waals surface area (Å²) in [5.74, 6) is -0.837. The van der Waals surface area contributed by atoms with Crippen LogP contribution in [-0.4, -0.2) is 14.9 Å². The highest BCUT2D eigenvalue weighted by Gasteiger charge is 2.16. The summed E-state index contributed by atoms with van der Waals surface area (Å²) < 4.78 is 13.6. The van der Waals surface area contributed by atoms with Crippen molar-refractivity contribution >= 4 is 16.6 Å². The SMILES string of the molecule is Cc1cc(-c2[nH]c3cc(-c4ccc(F)c([N+](=O)[O-])c4)ccc3c2C)cc(C)n1. The summed E-state index contributed by atoms with van der Waals surface area (Å²) in [6, 6.07) is 13.8. The molecule has 5 nitrogen and oxygen atoms in total. The van der Waals surface area contributed by atoms with E-state index in [1.54, 1.807) is 6.07 Å². The Labute approximate surface area is 161 Å². The van der Waals surface area contributed by atoms with Crippen molar-refractivity contribution in [1.29, 1.82) is 0 Å². The van der Waals surface area contributed by atoms with Gasteiger partial charge in [0.2, 0.25) is 5.82 Å². The van der Waals surface area contributed by atoms with Crippen LogP contribution >= 0.6 is 0 Å². The number of aryl methyl sites for hydroxylation is 3. The van der Waals surface area contributed by atoms with Crippen LogP contribution in [0, 0.1) is 36.7 Å². The number of hydrogen-bond donors (Lipinski definition) is 1. The molecule has 0 fully saturated rings. The maximum absolute atomic E-state index is 13.6. The fourth-order valence-corrected chi connectivity index (χ4v) is 3.62. The number of aromatic amines is 1. The van der Waals surface area contributed by atoms with Crippen molar-refractivity contribution in [2.45, 2.75) is 20.8 Å². The summed E-state index contributed by atoms with van der Waals surface area (Å²) in [5.41, 5.74) is 6.89. The third-order valence-corrected chi connectivity index (χ3v) is 4.90. The zero-order chi connectivity index (χ0) is 20.0. The quantitative estimate of drug-likeness (QED) is 0.359. The van der Waals surface area contributed by atoms with Crippen molar-refractivity contribution in [1.82, 2.24) is 9.97 Å². The summed E-state index contributed by atoms with van der Waals surface area (Å²) in [6.45, 7) is 5.99. The van der Waals surface area contributed by atoms with Crippen molar-refractivity contribution in [3.05, 3.63) is 81.4 Å². The van der Waals surface area contributed by atoms with Crippen LogP contribution in [-0.2, 0) is 0 Å². The van der Waals surface area contributed by atoms with Crippen LogP contribution in [0.1, 0.15) is 17.0 Å². The molecule has 4 aromatic rings. The van der Waals surface area contributed by atoms with Crippen molar-refractivity contribution in [3.63, 3.8) is 0 Å². The molecule has 6 heteroatoms. The Balaban J connectivity index is 1.85. The molecule has 0 spiro atoms. The van der Waals surface area contributed by atoms with Crippen molar-refractivity contribution in [2.75, 3.05) is 0 Å². The van der Waals surface area contributed by atoms with Crippen LogP contribution in [0.4, 0.5) is 10.1 Å². The molecule has 0 amide bonds. The molecular weight excluding hydrogens is 357 g/mol. The first-order valence-electron chi connectivity index (χ1n) is 8.86. The lowest BCUT2D eigenvalue weighted by atomic mass is 10.0. The van der Waals surface area contributed by atoms with Gasteiger partial charge in [-0.25, -0.2) is 0 Å². The number of H-pyrrole nitrogens is 1. The van der Waals surface area contributed by atoms with Gasteiger partial charge in [-0.1, -0.05) is 18.2 Å². The Bertz CT molecular complexity index is 1220. The number of fused-ring (bicyclic) bond motifs is 1. The molecule has 140 valence electrons. The predicted molar refractivity (Wildman–Crippen MR) is 108 cm³/mol. The molecule has 0 aliphatic carbocycles. The van der Waals surface area contributed by atoms with Crippen LogP contribution in [0.5, 0.6) is 0 Å². The Hall–Kier alpha value is -3.54. The summed E-state index contributed by atoms with van der Waals surface area (Å²) in [5, 5.41) is 12.1. The van der Waals surface area contributed by atoms with E-state index < -0.39 is 16.4 Å². The van der Waals surface area contributed by atoms with E-state index in [4.69, 9.17) is 0 Å². The van der Waals surface area contributed by atoms with E-state index in [-0.39, 0.29) is 0 Å². The number of hydrogen-bond acceptors (Lipinski definition) is 3. The van der Waals surface area contributed by atoms with Gasteiger partial charge in [0.25, 0.3) is 0 Å². The summed E-state index contributed by atoms with van der Waals surface area (Å²) in [4.78, 5) is 18.2. The number of nitro groups is 1. The number of benzene rings is 2. The Kier molecular flexibility index (Phi) is 4.19. The van der Waals surface area contributed by atoms with Gasteiger partial charge in [0.15, 0.2) is 0 Å². The van der Waals surface area contributed by atoms with Crippen molar-refractivity contribution in [3.8, 4) is 22.4 Å². The van der Waals surface area contributed by atoms with E-state index in [2.05, 4.69) is 16.9 Å². The van der Waals surface area contributed by atoms with E-state index in [9.17, 15) is 14.5 Å². The first kappa shape index (κ1) is 17.9. The van der Waals surface area contributed by atoms with Crippen LogP contribution in [0.25, 0.3) is 33.3 Å². The normalized spacial score (nSPS) is 11.1. The molecule has 0 aliphatic rings. The fourth-order valence-electron chi connectivity index (χ4n) is 3.62. The third kappa shape index (κ3) is 3.03. The van der Waals surface area contributed by atoms with Crippen LogP contribution in [0.3, 0.4) is 0 Å². The number of nitro benzene ring substituents is 1. The number of aromatic nitrogens is 2. The molecule has 0 radical (unpaired) electrons. The molecule has 0 aliphatic heterocycles. The minimum atomic E-state index is -0.837. The van der Waals surface area contributed by atoms with Gasteiger partial charge < -0.3 is 4.98 Å². The maximum Gasteiger partial charge on any atom is 0.305 e. The molecule has 0 atom stereocenters. The van der Waals surface area contributed by atoms with E-state index >= 15 is 0 Å². The molecular formula is C22H18FN3O2. The predicted octanol–water partition coefficient (Wildman–Crippen LogP) is 5.87. The van der Waals surface area contributed by atoms with Crippen LogP contribution < -0.4 is 0 Å². The Morgan fingerprint density at radius 2 is 1.57 bits per heavy atom. The molecule has 0 unspecified atom stereocenters. The first-order chi connectivity index (χ1) is 13.3. The zero-order valence-corrected chi connectivity index (χ0v) is 15.7. The number of pyridine rings is 1. The minimum absolute atomic E-state index is 0.524. The average molecular weight is 375 g/mol. The van der Waals surface area contributed by atoms with Gasteiger partial charge in [0.1, 0.15) is 0 Å². The summed E-state index contributed by atoms with van der Waals surface area (Å²) in [6.07, 6.45) is 0. The molecule has 0 saturated heterocycles. The van der Waals surface area contributed by atoms with Gasteiger partial charge in [0.05, 0.1) is 4.92 Å². The molecule has 28 heavy (non-hydrogen) atoms. The van der Waals surface area contributed by atoms with Crippen molar-refractivity contribution in [2.24, 2.45) is 0 Å². The van der Waals surface area contributed by atoms with Gasteiger partial charge in [-0.3, -0.25) is 15.1 Å². The maximum atomic E-state index is 13.6. The Morgan fingerprint density at radius 3 is 2.25 bits per heavy atom. The lowest BCUT2D eigenvalue weighted by Crippen LogP contribution is -1.92. The first-order valence-corrected chi connectivity index (χ1v) is 8.86. The molecule has 0 bridgehead atoms. The van der Waals surface area contributed by atoms with E-state index in [1.807, 2.05) is 44.2 Å². The van der Waals surface area contributed by atoms with Gasteiger partial charge in [-0.2, -0.15) is 4.39 Å². The van der Waals surface area contributed by atoms with Gasteiger partial charge in [0, 0.05) is 39.6 Å². The molecule has 2 aromatic heterocycles. The van der Waals surface area contributed by atoms with Gasteiger partial charge >= 0.3 is 5.69 Å². The number of nitrogens with zero attached hydrogens (tertiary/aromatic N) is 2. The monoisotopic (exact) mass is 375 g/mol. The number of halogens is 1. The fraction of sp³-hybridized carbons (Fsp3) is 0.136. The highest BCUT2D eigenvalue weighted by molar-refractivity contribution is 5.93. The smallest absolute Gasteiger partial charge is 0.305 e. The van der Waals surface area contributed by atoms with Gasteiger partial charge in [-0.05, 0) is 61.7 Å². The topological polar surface area (TPSA) is 71.8 Å². The second kappa shape index (κ2) is 6.56. The van der Waals surface area contributed by atoms with E-state index in [0.717, 1.165) is 50.7 Å². The van der Waals surface area contributed by atoms with E-state index in [1.165, 1.54) is 6.07 Å². The largest absolute Gasteiger partial charge is 0.354 e. The summed E-state index contributed by atoms with van der Waals surface area (Å²) in [7, 11) is 0. The average Bonchev–Trinajstić information content (AvgIpc) is 2.97. The highest BCUT2D eigenvalue weighted by Crippen LogP contribution is 2.34. The van der Waals surface area contributed by atoms with E-state index in [0.29, 0.717) is 5.56 Å². The van der Waals surface area contributed by atoms with Crippen LogP contribution in [0.15, 0.2) is 48.5 Å². The molecule has 2 aromatic carbocycles. The lowest BCUT2D eigenvalue weighted by Gasteiger charge is -2.04. The minimum Gasteiger partial charge on any atom is -0.354 e. The number of nitrogens with one attached hydrogen (secondary N) is 1. The number of rotatable bonds is 3. The summed E-state index contributed by atoms with van der Waals surface area (Å²) >= 11 is 0. The molecule has 2 heterocycles.